The molecule has 0 saturated carbocycles. The van der Waals surface area contributed by atoms with Crippen molar-refractivity contribution in [2.24, 2.45) is 0 Å². The van der Waals surface area contributed by atoms with Gasteiger partial charge in [-0.15, -0.1) is 0 Å². The average molecular weight is 135 g/mol. The molecule has 0 aliphatic heterocycles. The fourth-order valence-electron chi connectivity index (χ4n) is 0.851. The molecule has 1 aromatic carbocycles. The Morgan fingerprint density at radius 1 is 1.50 bits per heavy atom. The molecule has 0 saturated heterocycles. The highest BCUT2D eigenvalue weighted by Gasteiger charge is 1.98. The summed E-state index contributed by atoms with van der Waals surface area (Å²) in [6.07, 6.45) is -0.403. The Labute approximate surface area is 61.3 Å². The summed E-state index contributed by atoms with van der Waals surface area (Å²) in [6.45, 7) is 3.71. The van der Waals surface area contributed by atoms with Crippen molar-refractivity contribution >= 4 is 0 Å². The minimum Gasteiger partial charge on any atom is -0.389 e. The Bertz CT molecular complexity index is 216. The second-order valence-corrected chi connectivity index (χ2v) is 2.47. The topological polar surface area (TPSA) is 20.2 Å². The van der Waals surface area contributed by atoms with Gasteiger partial charge in [0.05, 0.1) is 6.10 Å². The van der Waals surface area contributed by atoms with Crippen LogP contribution in [0.1, 0.15) is 24.2 Å². The van der Waals surface area contributed by atoms with Crippen molar-refractivity contribution in [2.45, 2.75) is 20.0 Å². The van der Waals surface area contributed by atoms with Crippen LogP contribution in [0.5, 0.6) is 0 Å². The number of benzene rings is 1. The van der Waals surface area contributed by atoms with Crippen molar-refractivity contribution < 1.29 is 5.11 Å². The summed E-state index contributed by atoms with van der Waals surface area (Å²) >= 11 is 0. The van der Waals surface area contributed by atoms with Gasteiger partial charge in [0.1, 0.15) is 0 Å². The van der Waals surface area contributed by atoms with E-state index in [2.05, 4.69) is 6.07 Å². The quantitative estimate of drug-likeness (QED) is 0.623. The maximum Gasteiger partial charge on any atom is 0.0768 e. The van der Waals surface area contributed by atoms with E-state index in [0.717, 1.165) is 11.1 Å². The number of hydrogen-bond donors (Lipinski definition) is 1. The molecule has 1 heteroatoms. The van der Waals surface area contributed by atoms with Crippen molar-refractivity contribution in [2.75, 3.05) is 0 Å². The smallest absolute Gasteiger partial charge is 0.0768 e. The summed E-state index contributed by atoms with van der Waals surface area (Å²) in [7, 11) is 0. The fraction of sp³-hybridized carbons (Fsp3) is 0.333. The SMILES string of the molecule is Cc1[c]c(C(C)O)ccc1. The van der Waals surface area contributed by atoms with Crippen molar-refractivity contribution in [3.05, 3.63) is 35.4 Å². The molecule has 0 amide bonds. The Morgan fingerprint density at radius 3 is 2.60 bits per heavy atom. The highest BCUT2D eigenvalue weighted by molar-refractivity contribution is 5.21. The Kier molecular flexibility index (Phi) is 2.07. The highest BCUT2D eigenvalue weighted by Crippen LogP contribution is 2.11. The van der Waals surface area contributed by atoms with Crippen LogP contribution in [0.15, 0.2) is 18.2 Å². The average Bonchev–Trinajstić information content (AvgIpc) is 1.88. The minimum absolute atomic E-state index is 0.403. The lowest BCUT2D eigenvalue weighted by molar-refractivity contribution is 0.199. The molecule has 0 fully saturated rings. The normalized spacial score (nSPS) is 13.1. The van der Waals surface area contributed by atoms with Crippen molar-refractivity contribution in [3.63, 3.8) is 0 Å². The fourth-order valence-corrected chi connectivity index (χ4v) is 0.851. The number of hydrogen-bond acceptors (Lipinski definition) is 1. The summed E-state index contributed by atoms with van der Waals surface area (Å²) in [5, 5.41) is 9.12. The summed E-state index contributed by atoms with van der Waals surface area (Å²) < 4.78 is 0. The van der Waals surface area contributed by atoms with E-state index in [1.807, 2.05) is 25.1 Å². The van der Waals surface area contributed by atoms with E-state index in [1.54, 1.807) is 6.92 Å². The van der Waals surface area contributed by atoms with Gasteiger partial charge in [-0.2, -0.15) is 0 Å². The third-order valence-electron chi connectivity index (χ3n) is 1.41. The van der Waals surface area contributed by atoms with Crippen molar-refractivity contribution in [3.8, 4) is 0 Å². The lowest BCUT2D eigenvalue weighted by Gasteiger charge is -2.02. The summed E-state index contributed by atoms with van der Waals surface area (Å²) in [4.78, 5) is 0. The van der Waals surface area contributed by atoms with E-state index in [1.165, 1.54) is 0 Å². The van der Waals surface area contributed by atoms with Gasteiger partial charge in [-0.25, -0.2) is 0 Å². The van der Waals surface area contributed by atoms with Crippen LogP contribution >= 0.6 is 0 Å². The van der Waals surface area contributed by atoms with Crippen LogP contribution in [0.4, 0.5) is 0 Å². The first-order valence-electron chi connectivity index (χ1n) is 3.37. The van der Waals surface area contributed by atoms with Crippen LogP contribution in [0.3, 0.4) is 0 Å². The van der Waals surface area contributed by atoms with Crippen molar-refractivity contribution in [1.82, 2.24) is 0 Å². The predicted molar refractivity (Wildman–Crippen MR) is 40.6 cm³/mol. The Hall–Kier alpha value is -0.820. The van der Waals surface area contributed by atoms with Gasteiger partial charge in [0, 0.05) is 0 Å². The molecule has 1 rings (SSSR count). The molecule has 0 heterocycles. The second kappa shape index (κ2) is 2.84. The molecule has 53 valence electrons. The molecule has 1 radical (unpaired) electrons. The van der Waals surface area contributed by atoms with Crippen LogP contribution in [0, 0.1) is 13.0 Å². The standard InChI is InChI=1S/C9H11O/c1-7-4-3-5-9(6-7)8(2)10/h3-5,8,10H,1-2H3. The number of aliphatic hydroxyl groups excluding tert-OH is 1. The molecule has 0 spiro atoms. The van der Waals surface area contributed by atoms with E-state index in [4.69, 9.17) is 5.11 Å². The largest absolute Gasteiger partial charge is 0.389 e. The first-order chi connectivity index (χ1) is 4.70. The van der Waals surface area contributed by atoms with Gasteiger partial charge >= 0.3 is 0 Å². The van der Waals surface area contributed by atoms with E-state index in [0.29, 0.717) is 0 Å². The summed E-state index contributed by atoms with van der Waals surface area (Å²) in [5.74, 6) is 0. The van der Waals surface area contributed by atoms with Gasteiger partial charge in [0.25, 0.3) is 0 Å². The van der Waals surface area contributed by atoms with Crippen LogP contribution in [0.25, 0.3) is 0 Å². The molecular weight excluding hydrogens is 124 g/mol. The van der Waals surface area contributed by atoms with Crippen LogP contribution < -0.4 is 0 Å². The Balaban J connectivity index is 2.96. The number of aliphatic hydroxyl groups is 1. The molecule has 0 bridgehead atoms. The predicted octanol–water partition coefficient (Wildman–Crippen LogP) is 1.85. The van der Waals surface area contributed by atoms with E-state index >= 15 is 0 Å². The first kappa shape index (κ1) is 7.29. The zero-order chi connectivity index (χ0) is 7.56. The summed E-state index contributed by atoms with van der Waals surface area (Å²) in [6, 6.07) is 8.82. The second-order valence-electron chi connectivity index (χ2n) is 2.47. The van der Waals surface area contributed by atoms with Crippen LogP contribution in [0.2, 0.25) is 0 Å². The summed E-state index contributed by atoms with van der Waals surface area (Å²) in [5.41, 5.74) is 1.93. The Morgan fingerprint density at radius 2 is 2.20 bits per heavy atom. The van der Waals surface area contributed by atoms with E-state index in [-0.39, 0.29) is 0 Å². The third-order valence-corrected chi connectivity index (χ3v) is 1.41. The maximum absolute atomic E-state index is 9.12. The third kappa shape index (κ3) is 1.58. The number of aryl methyl sites for hydroxylation is 1. The van der Waals surface area contributed by atoms with Crippen LogP contribution in [-0.2, 0) is 0 Å². The lowest BCUT2D eigenvalue weighted by atomic mass is 10.1. The van der Waals surface area contributed by atoms with Gasteiger partial charge in [-0.1, -0.05) is 18.2 Å². The van der Waals surface area contributed by atoms with Crippen molar-refractivity contribution in [1.29, 1.82) is 0 Å². The molecular formula is C9H11O. The molecule has 1 N–H and O–H groups in total. The molecule has 0 aliphatic rings. The molecule has 1 atom stereocenters. The van der Waals surface area contributed by atoms with Crippen LogP contribution in [-0.4, -0.2) is 5.11 Å². The number of rotatable bonds is 1. The molecule has 1 unspecified atom stereocenters. The minimum atomic E-state index is -0.403. The monoisotopic (exact) mass is 135 g/mol. The molecule has 0 aromatic heterocycles. The molecule has 1 nitrogen and oxygen atoms in total. The van der Waals surface area contributed by atoms with E-state index < -0.39 is 6.10 Å². The van der Waals surface area contributed by atoms with Gasteiger partial charge in [-0.3, -0.25) is 0 Å². The molecule has 10 heavy (non-hydrogen) atoms. The zero-order valence-electron chi connectivity index (χ0n) is 6.26. The van der Waals surface area contributed by atoms with Gasteiger partial charge in [0.2, 0.25) is 0 Å². The van der Waals surface area contributed by atoms with Gasteiger partial charge in [0.15, 0.2) is 0 Å². The van der Waals surface area contributed by atoms with Gasteiger partial charge < -0.3 is 5.11 Å². The molecule has 1 aromatic rings. The first-order valence-corrected chi connectivity index (χ1v) is 3.37. The highest BCUT2D eigenvalue weighted by atomic mass is 16.3. The van der Waals surface area contributed by atoms with E-state index in [9.17, 15) is 0 Å². The van der Waals surface area contributed by atoms with Gasteiger partial charge in [-0.05, 0) is 31.0 Å². The maximum atomic E-state index is 9.12. The lowest BCUT2D eigenvalue weighted by Crippen LogP contribution is -1.90. The zero-order valence-corrected chi connectivity index (χ0v) is 6.26. The molecule has 0 aliphatic carbocycles.